The van der Waals surface area contributed by atoms with Crippen LogP contribution in [0.15, 0.2) is 16.7 Å². The van der Waals surface area contributed by atoms with Crippen LogP contribution in [0.25, 0.3) is 0 Å². The van der Waals surface area contributed by atoms with Gasteiger partial charge in [-0.15, -0.1) is 12.4 Å². The van der Waals surface area contributed by atoms with Crippen LogP contribution in [0.1, 0.15) is 30.0 Å². The quantitative estimate of drug-likeness (QED) is 0.893. The standard InChI is InChI=1S/C13H18N2O2.ClH/c1-13(2)10-5-15(6-11(10)13)12(16)8-3-9(4-14)17-7-8;/h3,7,10-11H,4-6,14H2,1-2H3;1H. The van der Waals surface area contributed by atoms with E-state index in [0.717, 1.165) is 13.1 Å². The lowest BCUT2D eigenvalue weighted by Crippen LogP contribution is -2.32. The molecule has 1 amide bonds. The van der Waals surface area contributed by atoms with Crippen molar-refractivity contribution in [1.82, 2.24) is 4.90 Å². The summed E-state index contributed by atoms with van der Waals surface area (Å²) in [4.78, 5) is 14.1. The normalized spacial score (nSPS) is 27.6. The number of carbonyl (C=O) groups excluding carboxylic acids is 1. The van der Waals surface area contributed by atoms with Crippen molar-refractivity contribution >= 4 is 18.3 Å². The molecule has 3 rings (SSSR count). The van der Waals surface area contributed by atoms with E-state index in [2.05, 4.69) is 13.8 Å². The minimum Gasteiger partial charge on any atom is -0.467 e. The fraction of sp³-hybridized carbons (Fsp3) is 0.615. The van der Waals surface area contributed by atoms with E-state index < -0.39 is 0 Å². The van der Waals surface area contributed by atoms with Gasteiger partial charge in [0.15, 0.2) is 0 Å². The van der Waals surface area contributed by atoms with Crippen molar-refractivity contribution in [3.63, 3.8) is 0 Å². The van der Waals surface area contributed by atoms with E-state index in [1.165, 1.54) is 6.26 Å². The zero-order valence-corrected chi connectivity index (χ0v) is 11.5. The van der Waals surface area contributed by atoms with Crippen molar-refractivity contribution in [3.8, 4) is 0 Å². The Hall–Kier alpha value is -1.00. The van der Waals surface area contributed by atoms with Gasteiger partial charge in [0.2, 0.25) is 0 Å². The third-order valence-electron chi connectivity index (χ3n) is 4.51. The van der Waals surface area contributed by atoms with Crippen LogP contribution in [0.4, 0.5) is 0 Å². The zero-order valence-electron chi connectivity index (χ0n) is 10.7. The highest BCUT2D eigenvalue weighted by Crippen LogP contribution is 2.62. The number of nitrogens with two attached hydrogens (primary N) is 1. The third kappa shape index (κ3) is 1.84. The Bertz CT molecular complexity index is 455. The van der Waals surface area contributed by atoms with E-state index in [1.54, 1.807) is 6.07 Å². The molecule has 1 aromatic rings. The minimum absolute atomic E-state index is 0. The summed E-state index contributed by atoms with van der Waals surface area (Å²) in [5, 5.41) is 0. The Morgan fingerprint density at radius 3 is 2.61 bits per heavy atom. The first-order chi connectivity index (χ1) is 8.04. The van der Waals surface area contributed by atoms with Crippen molar-refractivity contribution < 1.29 is 9.21 Å². The molecule has 0 bridgehead atoms. The second-order valence-electron chi connectivity index (χ2n) is 5.75. The molecule has 4 nitrogen and oxygen atoms in total. The van der Waals surface area contributed by atoms with Gasteiger partial charge in [0.05, 0.1) is 12.1 Å². The van der Waals surface area contributed by atoms with Gasteiger partial charge in [0.25, 0.3) is 5.91 Å². The SMILES string of the molecule is CC1(C)C2CN(C(=O)c3coc(CN)c3)CC21.Cl. The number of furan rings is 1. The van der Waals surface area contributed by atoms with Gasteiger partial charge in [-0.25, -0.2) is 0 Å². The van der Waals surface area contributed by atoms with Crippen LogP contribution in [-0.4, -0.2) is 23.9 Å². The number of halogens is 1. The van der Waals surface area contributed by atoms with Crippen LogP contribution < -0.4 is 5.73 Å². The molecule has 2 aliphatic rings. The molecule has 2 heterocycles. The first-order valence-electron chi connectivity index (χ1n) is 6.11. The summed E-state index contributed by atoms with van der Waals surface area (Å²) in [5.74, 6) is 2.12. The Morgan fingerprint density at radius 2 is 2.11 bits per heavy atom. The maximum Gasteiger partial charge on any atom is 0.257 e. The molecule has 2 atom stereocenters. The summed E-state index contributed by atoms with van der Waals surface area (Å²) in [6.45, 7) is 6.69. The first-order valence-corrected chi connectivity index (χ1v) is 6.11. The van der Waals surface area contributed by atoms with E-state index in [0.29, 0.717) is 35.1 Å². The number of hydrogen-bond acceptors (Lipinski definition) is 3. The molecule has 1 aliphatic carbocycles. The van der Waals surface area contributed by atoms with E-state index in [9.17, 15) is 4.79 Å². The van der Waals surface area contributed by atoms with Crippen molar-refractivity contribution in [1.29, 1.82) is 0 Å². The summed E-state index contributed by atoms with van der Waals surface area (Å²) in [7, 11) is 0. The summed E-state index contributed by atoms with van der Waals surface area (Å²) < 4.78 is 5.20. The summed E-state index contributed by atoms with van der Waals surface area (Å²) >= 11 is 0. The zero-order chi connectivity index (χ0) is 12.2. The molecule has 0 spiro atoms. The van der Waals surface area contributed by atoms with Gasteiger partial charge < -0.3 is 15.1 Å². The molecule has 18 heavy (non-hydrogen) atoms. The molecule has 100 valence electrons. The fourth-order valence-corrected chi connectivity index (χ4v) is 3.08. The molecule has 1 aliphatic heterocycles. The number of likely N-dealkylation sites (tertiary alicyclic amines) is 1. The van der Waals surface area contributed by atoms with Crippen molar-refractivity contribution in [2.75, 3.05) is 13.1 Å². The van der Waals surface area contributed by atoms with Gasteiger partial charge in [-0.2, -0.15) is 0 Å². The van der Waals surface area contributed by atoms with Gasteiger partial charge in [0, 0.05) is 13.1 Å². The molecule has 1 saturated carbocycles. The molecular weight excluding hydrogens is 252 g/mol. The van der Waals surface area contributed by atoms with Gasteiger partial charge in [-0.05, 0) is 23.3 Å². The Kier molecular flexibility index (Phi) is 3.19. The average molecular weight is 271 g/mol. The Balaban J connectivity index is 0.00000120. The van der Waals surface area contributed by atoms with Crippen LogP contribution in [0.3, 0.4) is 0 Å². The van der Waals surface area contributed by atoms with E-state index in [4.69, 9.17) is 10.2 Å². The third-order valence-corrected chi connectivity index (χ3v) is 4.51. The number of rotatable bonds is 2. The van der Waals surface area contributed by atoms with Crippen LogP contribution in [-0.2, 0) is 6.54 Å². The van der Waals surface area contributed by atoms with Crippen LogP contribution in [0, 0.1) is 17.3 Å². The average Bonchev–Trinajstić information content (AvgIpc) is 2.81. The molecular formula is C13H19ClN2O2. The maximum absolute atomic E-state index is 12.2. The highest BCUT2D eigenvalue weighted by atomic mass is 35.5. The molecule has 2 fully saturated rings. The second-order valence-corrected chi connectivity index (χ2v) is 5.75. The molecule has 5 heteroatoms. The second kappa shape index (κ2) is 4.28. The van der Waals surface area contributed by atoms with Crippen LogP contribution in [0.2, 0.25) is 0 Å². The van der Waals surface area contributed by atoms with Crippen molar-refractivity contribution in [2.45, 2.75) is 20.4 Å². The smallest absolute Gasteiger partial charge is 0.257 e. The molecule has 1 aromatic heterocycles. The Morgan fingerprint density at radius 1 is 1.50 bits per heavy atom. The first kappa shape index (κ1) is 13.4. The van der Waals surface area contributed by atoms with E-state index in [1.807, 2.05) is 4.90 Å². The number of piperidine rings is 1. The number of carbonyl (C=O) groups is 1. The van der Waals surface area contributed by atoms with Crippen molar-refractivity contribution in [2.24, 2.45) is 23.0 Å². The highest BCUT2D eigenvalue weighted by molar-refractivity contribution is 5.94. The van der Waals surface area contributed by atoms with Crippen molar-refractivity contribution in [3.05, 3.63) is 23.7 Å². The summed E-state index contributed by atoms with van der Waals surface area (Å²) in [6, 6.07) is 1.75. The predicted octanol–water partition coefficient (Wildman–Crippen LogP) is 1.89. The monoisotopic (exact) mass is 270 g/mol. The molecule has 2 unspecified atom stereocenters. The number of fused-ring (bicyclic) bond motifs is 1. The largest absolute Gasteiger partial charge is 0.467 e. The number of amides is 1. The fourth-order valence-electron chi connectivity index (χ4n) is 3.08. The maximum atomic E-state index is 12.2. The predicted molar refractivity (Wildman–Crippen MR) is 70.5 cm³/mol. The molecule has 1 saturated heterocycles. The minimum atomic E-state index is 0. The lowest BCUT2D eigenvalue weighted by Gasteiger charge is -2.21. The topological polar surface area (TPSA) is 59.5 Å². The summed E-state index contributed by atoms with van der Waals surface area (Å²) in [5.41, 5.74) is 6.53. The molecule has 2 N–H and O–H groups in total. The van der Waals surface area contributed by atoms with Crippen LogP contribution in [0.5, 0.6) is 0 Å². The van der Waals surface area contributed by atoms with E-state index in [-0.39, 0.29) is 18.3 Å². The highest BCUT2D eigenvalue weighted by Gasteiger charge is 2.62. The van der Waals surface area contributed by atoms with Gasteiger partial charge in [0.1, 0.15) is 12.0 Å². The van der Waals surface area contributed by atoms with Gasteiger partial charge >= 0.3 is 0 Å². The number of nitrogens with zero attached hydrogens (tertiary/aromatic N) is 1. The van der Waals surface area contributed by atoms with E-state index >= 15 is 0 Å². The van der Waals surface area contributed by atoms with Gasteiger partial charge in [-0.3, -0.25) is 4.79 Å². The Labute approximate surface area is 113 Å². The lowest BCUT2D eigenvalue weighted by molar-refractivity contribution is 0.0757. The lowest BCUT2D eigenvalue weighted by atomic mass is 10.1. The number of hydrogen-bond donors (Lipinski definition) is 1. The van der Waals surface area contributed by atoms with Crippen LogP contribution >= 0.6 is 12.4 Å². The molecule has 0 aromatic carbocycles. The summed E-state index contributed by atoms with van der Waals surface area (Å²) in [6.07, 6.45) is 1.51. The van der Waals surface area contributed by atoms with Gasteiger partial charge in [-0.1, -0.05) is 13.8 Å². The molecule has 0 radical (unpaired) electrons.